The van der Waals surface area contributed by atoms with Gasteiger partial charge >= 0.3 is 0 Å². The second-order valence-electron chi connectivity index (χ2n) is 7.37. The number of carbonyl (C=O) groups excluding carboxylic acids is 2. The van der Waals surface area contributed by atoms with Crippen molar-refractivity contribution in [2.45, 2.75) is 46.2 Å². The molecule has 0 aliphatic rings. The summed E-state index contributed by atoms with van der Waals surface area (Å²) in [4.78, 5) is 27.5. The number of amides is 2. The monoisotopic (exact) mass is 384 g/mol. The molecule has 0 saturated heterocycles. The predicted octanol–water partition coefficient (Wildman–Crippen LogP) is 3.95. The van der Waals surface area contributed by atoms with Gasteiger partial charge in [0.05, 0.1) is 6.42 Å². The number of halogens is 1. The minimum Gasteiger partial charge on any atom is -0.354 e. The molecule has 150 valence electrons. The highest BCUT2D eigenvalue weighted by Gasteiger charge is 2.28. The molecule has 0 spiro atoms. The van der Waals surface area contributed by atoms with Crippen LogP contribution < -0.4 is 5.32 Å². The molecule has 0 fully saturated rings. The molecular formula is C23H29FN2O2. The predicted molar refractivity (Wildman–Crippen MR) is 109 cm³/mol. The Morgan fingerprint density at radius 1 is 1.00 bits per heavy atom. The normalized spacial score (nSPS) is 11.9. The first-order chi connectivity index (χ1) is 13.4. The summed E-state index contributed by atoms with van der Waals surface area (Å²) < 4.78 is 13.2. The Kier molecular flexibility index (Phi) is 8.18. The Hall–Kier alpha value is -2.69. The fourth-order valence-electron chi connectivity index (χ4n) is 3.00. The lowest BCUT2D eigenvalue weighted by atomic mass is 10.1. The summed E-state index contributed by atoms with van der Waals surface area (Å²) in [7, 11) is 0. The molecule has 2 rings (SSSR count). The first kappa shape index (κ1) is 21.6. The number of hydrogen-bond acceptors (Lipinski definition) is 2. The third-order valence-corrected chi connectivity index (χ3v) is 4.53. The van der Waals surface area contributed by atoms with E-state index < -0.39 is 6.04 Å². The van der Waals surface area contributed by atoms with E-state index in [-0.39, 0.29) is 24.1 Å². The Morgan fingerprint density at radius 3 is 2.21 bits per heavy atom. The smallest absolute Gasteiger partial charge is 0.242 e. The van der Waals surface area contributed by atoms with Crippen molar-refractivity contribution < 1.29 is 14.0 Å². The summed E-state index contributed by atoms with van der Waals surface area (Å²) in [5.41, 5.74) is 1.69. The van der Waals surface area contributed by atoms with Gasteiger partial charge in [-0.25, -0.2) is 4.39 Å². The summed E-state index contributed by atoms with van der Waals surface area (Å²) in [6, 6.07) is 15.0. The maximum atomic E-state index is 13.2. The van der Waals surface area contributed by atoms with Crippen LogP contribution in [0.4, 0.5) is 4.39 Å². The summed E-state index contributed by atoms with van der Waals surface area (Å²) in [6.45, 7) is 6.89. The fourth-order valence-corrected chi connectivity index (χ4v) is 3.00. The molecule has 1 atom stereocenters. The Morgan fingerprint density at radius 2 is 1.64 bits per heavy atom. The second-order valence-corrected chi connectivity index (χ2v) is 7.37. The molecule has 28 heavy (non-hydrogen) atoms. The van der Waals surface area contributed by atoms with Crippen LogP contribution in [-0.4, -0.2) is 29.3 Å². The van der Waals surface area contributed by atoms with E-state index in [2.05, 4.69) is 5.32 Å². The summed E-state index contributed by atoms with van der Waals surface area (Å²) >= 11 is 0. The maximum Gasteiger partial charge on any atom is 0.242 e. The third kappa shape index (κ3) is 6.48. The molecule has 0 saturated carbocycles. The summed E-state index contributed by atoms with van der Waals surface area (Å²) in [5, 5.41) is 2.94. The summed E-state index contributed by atoms with van der Waals surface area (Å²) in [5.74, 6) is -0.294. The van der Waals surface area contributed by atoms with Crippen molar-refractivity contribution in [1.82, 2.24) is 10.2 Å². The van der Waals surface area contributed by atoms with Crippen molar-refractivity contribution in [3.05, 3.63) is 71.5 Å². The molecule has 2 amide bonds. The van der Waals surface area contributed by atoms with Crippen LogP contribution in [0, 0.1) is 11.7 Å². The third-order valence-electron chi connectivity index (χ3n) is 4.53. The number of nitrogens with zero attached hydrogens (tertiary/aromatic N) is 1. The molecule has 0 aliphatic carbocycles. The van der Waals surface area contributed by atoms with Crippen molar-refractivity contribution >= 4 is 11.8 Å². The van der Waals surface area contributed by atoms with Crippen LogP contribution in [0.15, 0.2) is 54.6 Å². The van der Waals surface area contributed by atoms with E-state index in [0.29, 0.717) is 25.4 Å². The molecule has 1 N–H and O–H groups in total. The van der Waals surface area contributed by atoms with E-state index in [0.717, 1.165) is 11.1 Å². The largest absolute Gasteiger partial charge is 0.354 e. The topological polar surface area (TPSA) is 49.4 Å². The van der Waals surface area contributed by atoms with Crippen molar-refractivity contribution in [3.63, 3.8) is 0 Å². The highest BCUT2D eigenvalue weighted by Crippen LogP contribution is 2.15. The van der Waals surface area contributed by atoms with Crippen LogP contribution in [0.1, 0.15) is 38.3 Å². The quantitative estimate of drug-likeness (QED) is 0.712. The zero-order valence-electron chi connectivity index (χ0n) is 16.8. The molecule has 0 aromatic heterocycles. The van der Waals surface area contributed by atoms with Gasteiger partial charge in [-0.1, -0.05) is 63.2 Å². The fraction of sp³-hybridized carbons (Fsp3) is 0.391. The number of rotatable bonds is 9. The lowest BCUT2D eigenvalue weighted by molar-refractivity contribution is -0.141. The lowest BCUT2D eigenvalue weighted by Gasteiger charge is -2.31. The van der Waals surface area contributed by atoms with Crippen LogP contribution in [0.25, 0.3) is 0 Å². The maximum absolute atomic E-state index is 13.2. The molecule has 1 unspecified atom stereocenters. The first-order valence-electron chi connectivity index (χ1n) is 9.76. The average molecular weight is 384 g/mol. The molecular weight excluding hydrogens is 355 g/mol. The van der Waals surface area contributed by atoms with Crippen molar-refractivity contribution in [2.75, 3.05) is 6.54 Å². The van der Waals surface area contributed by atoms with Gasteiger partial charge in [-0.2, -0.15) is 0 Å². The second kappa shape index (κ2) is 10.6. The molecule has 0 heterocycles. The van der Waals surface area contributed by atoms with Gasteiger partial charge in [0.2, 0.25) is 11.8 Å². The van der Waals surface area contributed by atoms with Gasteiger partial charge in [-0.15, -0.1) is 0 Å². The van der Waals surface area contributed by atoms with E-state index in [1.807, 2.05) is 51.1 Å². The standard InChI is InChI=1S/C23H29FN2O2/c1-4-21(23(28)25-15-17(2)3)26(16-19-8-6-5-7-9-19)22(27)14-18-10-12-20(24)13-11-18/h5-13,17,21H,4,14-16H2,1-3H3,(H,25,28). The van der Waals surface area contributed by atoms with E-state index in [4.69, 9.17) is 0 Å². The van der Waals surface area contributed by atoms with Gasteiger partial charge in [0.1, 0.15) is 11.9 Å². The average Bonchev–Trinajstić information content (AvgIpc) is 2.68. The lowest BCUT2D eigenvalue weighted by Crippen LogP contribution is -2.50. The number of benzene rings is 2. The van der Waals surface area contributed by atoms with Gasteiger partial charge < -0.3 is 10.2 Å². The number of hydrogen-bond donors (Lipinski definition) is 1. The van der Waals surface area contributed by atoms with Crippen molar-refractivity contribution in [3.8, 4) is 0 Å². The Labute approximate surface area is 166 Å². The minimum absolute atomic E-state index is 0.126. The molecule has 0 bridgehead atoms. The van der Waals surface area contributed by atoms with Gasteiger partial charge in [-0.3, -0.25) is 9.59 Å². The van der Waals surface area contributed by atoms with Crippen molar-refractivity contribution in [2.24, 2.45) is 5.92 Å². The van der Waals surface area contributed by atoms with Gasteiger partial charge in [0.15, 0.2) is 0 Å². The zero-order chi connectivity index (χ0) is 20.5. The molecule has 4 nitrogen and oxygen atoms in total. The van der Waals surface area contributed by atoms with Gasteiger partial charge in [0, 0.05) is 13.1 Å². The highest BCUT2D eigenvalue weighted by molar-refractivity contribution is 5.88. The first-order valence-corrected chi connectivity index (χ1v) is 9.76. The number of nitrogens with one attached hydrogen (secondary N) is 1. The van der Waals surface area contributed by atoms with Crippen LogP contribution in [-0.2, 0) is 22.6 Å². The Balaban J connectivity index is 2.22. The van der Waals surface area contributed by atoms with Gasteiger partial charge in [-0.05, 0) is 35.6 Å². The molecule has 2 aromatic carbocycles. The van der Waals surface area contributed by atoms with E-state index in [1.54, 1.807) is 17.0 Å². The van der Waals surface area contributed by atoms with E-state index >= 15 is 0 Å². The van der Waals surface area contributed by atoms with E-state index in [1.165, 1.54) is 12.1 Å². The summed E-state index contributed by atoms with van der Waals surface area (Å²) in [6.07, 6.45) is 0.646. The van der Waals surface area contributed by atoms with Crippen LogP contribution in [0.2, 0.25) is 0 Å². The minimum atomic E-state index is -0.549. The zero-order valence-corrected chi connectivity index (χ0v) is 16.8. The SMILES string of the molecule is CCC(C(=O)NCC(C)C)N(Cc1ccccc1)C(=O)Cc1ccc(F)cc1. The van der Waals surface area contributed by atoms with E-state index in [9.17, 15) is 14.0 Å². The highest BCUT2D eigenvalue weighted by atomic mass is 19.1. The molecule has 2 aromatic rings. The van der Waals surface area contributed by atoms with Crippen LogP contribution >= 0.6 is 0 Å². The molecule has 0 aliphatic heterocycles. The van der Waals surface area contributed by atoms with Gasteiger partial charge in [0.25, 0.3) is 0 Å². The number of carbonyl (C=O) groups is 2. The molecule has 5 heteroatoms. The van der Waals surface area contributed by atoms with Crippen molar-refractivity contribution in [1.29, 1.82) is 0 Å². The Bertz CT molecular complexity index is 760. The molecule has 0 radical (unpaired) electrons. The van der Waals surface area contributed by atoms with Crippen LogP contribution in [0.5, 0.6) is 0 Å². The van der Waals surface area contributed by atoms with Crippen LogP contribution in [0.3, 0.4) is 0 Å².